The molecule has 2 amide bonds. The predicted octanol–water partition coefficient (Wildman–Crippen LogP) is 0.418. The van der Waals surface area contributed by atoms with Crippen molar-refractivity contribution in [3.63, 3.8) is 0 Å². The molecule has 20 heavy (non-hydrogen) atoms. The van der Waals surface area contributed by atoms with Gasteiger partial charge in [0.1, 0.15) is 0 Å². The van der Waals surface area contributed by atoms with Crippen LogP contribution in [0.5, 0.6) is 0 Å². The summed E-state index contributed by atoms with van der Waals surface area (Å²) in [5.41, 5.74) is 6.27. The van der Waals surface area contributed by atoms with Crippen molar-refractivity contribution < 1.29 is 9.59 Å². The molecule has 2 rings (SSSR count). The number of carbonyl (C=O) groups is 2. The maximum absolute atomic E-state index is 12.0. The van der Waals surface area contributed by atoms with Gasteiger partial charge >= 0.3 is 0 Å². The lowest BCUT2D eigenvalue weighted by atomic mass is 9.99. The highest BCUT2D eigenvalue weighted by Crippen LogP contribution is 2.17. The van der Waals surface area contributed by atoms with E-state index in [9.17, 15) is 9.59 Å². The van der Waals surface area contributed by atoms with Crippen molar-refractivity contribution in [3.05, 3.63) is 24.3 Å². The molecule has 1 aliphatic rings. The van der Waals surface area contributed by atoms with E-state index in [4.69, 9.17) is 5.73 Å². The summed E-state index contributed by atoms with van der Waals surface area (Å²) < 4.78 is 0. The van der Waals surface area contributed by atoms with Crippen LogP contribution in [0.25, 0.3) is 0 Å². The van der Waals surface area contributed by atoms with E-state index in [1.165, 1.54) is 0 Å². The van der Waals surface area contributed by atoms with Crippen LogP contribution in [0.1, 0.15) is 13.8 Å². The Morgan fingerprint density at radius 3 is 2.70 bits per heavy atom. The van der Waals surface area contributed by atoms with Crippen LogP contribution >= 0.6 is 0 Å². The summed E-state index contributed by atoms with van der Waals surface area (Å²) in [7, 11) is 0. The maximum atomic E-state index is 12.0. The second-order valence-corrected chi connectivity index (χ2v) is 5.41. The van der Waals surface area contributed by atoms with E-state index in [2.05, 4.69) is 10.6 Å². The molecule has 1 heterocycles. The summed E-state index contributed by atoms with van der Waals surface area (Å²) in [4.78, 5) is 25.7. The highest BCUT2D eigenvalue weighted by atomic mass is 16.2. The number of nitrogens with two attached hydrogens (primary N) is 1. The van der Waals surface area contributed by atoms with E-state index >= 15 is 0 Å². The Bertz CT molecular complexity index is 510. The Kier molecular flexibility index (Phi) is 3.94. The Balaban J connectivity index is 1.97. The van der Waals surface area contributed by atoms with Gasteiger partial charge < -0.3 is 16.4 Å². The highest BCUT2D eigenvalue weighted by molar-refractivity contribution is 5.93. The van der Waals surface area contributed by atoms with E-state index in [1.54, 1.807) is 24.3 Å². The van der Waals surface area contributed by atoms with Crippen molar-refractivity contribution in [2.24, 2.45) is 0 Å². The molecule has 0 radical (unpaired) electrons. The minimum absolute atomic E-state index is 0.0518. The largest absolute Gasteiger partial charge is 0.399 e. The summed E-state index contributed by atoms with van der Waals surface area (Å²) in [6, 6.07) is 6.96. The summed E-state index contributed by atoms with van der Waals surface area (Å²) >= 11 is 0. The average molecular weight is 276 g/mol. The molecular formula is C14H20N4O2. The molecule has 0 bridgehead atoms. The molecule has 1 saturated heterocycles. The summed E-state index contributed by atoms with van der Waals surface area (Å²) in [6.45, 7) is 5.05. The van der Waals surface area contributed by atoms with Crippen LogP contribution < -0.4 is 16.4 Å². The van der Waals surface area contributed by atoms with Gasteiger partial charge in [-0.25, -0.2) is 0 Å². The van der Waals surface area contributed by atoms with Crippen LogP contribution in [0.2, 0.25) is 0 Å². The van der Waals surface area contributed by atoms with Crippen LogP contribution in [-0.4, -0.2) is 41.9 Å². The Morgan fingerprint density at radius 2 is 2.05 bits per heavy atom. The van der Waals surface area contributed by atoms with Gasteiger partial charge in [0.05, 0.1) is 12.1 Å². The van der Waals surface area contributed by atoms with E-state index in [-0.39, 0.29) is 18.4 Å². The van der Waals surface area contributed by atoms with E-state index < -0.39 is 5.54 Å². The van der Waals surface area contributed by atoms with E-state index in [0.29, 0.717) is 24.5 Å². The van der Waals surface area contributed by atoms with Gasteiger partial charge in [-0.3, -0.25) is 14.5 Å². The lowest BCUT2D eigenvalue weighted by Crippen LogP contribution is -2.62. The average Bonchev–Trinajstić information content (AvgIpc) is 2.38. The number of hydrogen-bond acceptors (Lipinski definition) is 4. The zero-order valence-corrected chi connectivity index (χ0v) is 11.8. The molecule has 4 N–H and O–H groups in total. The number of anilines is 2. The second-order valence-electron chi connectivity index (χ2n) is 5.41. The maximum Gasteiger partial charge on any atom is 0.240 e. The normalized spacial score (nSPS) is 18.4. The molecule has 0 spiro atoms. The van der Waals surface area contributed by atoms with Crippen LogP contribution in [0.15, 0.2) is 24.3 Å². The number of hydrogen-bond donors (Lipinski definition) is 3. The number of carbonyl (C=O) groups excluding carboxylic acids is 2. The van der Waals surface area contributed by atoms with Crippen molar-refractivity contribution in [2.75, 3.05) is 30.7 Å². The van der Waals surface area contributed by atoms with Gasteiger partial charge in [0.15, 0.2) is 0 Å². The van der Waals surface area contributed by atoms with Crippen molar-refractivity contribution in [1.29, 1.82) is 0 Å². The number of nitrogens with zero attached hydrogens (tertiary/aromatic N) is 1. The molecule has 1 aromatic carbocycles. The Labute approximate surface area is 118 Å². The second kappa shape index (κ2) is 5.50. The minimum Gasteiger partial charge on any atom is -0.399 e. The molecule has 0 saturated carbocycles. The van der Waals surface area contributed by atoms with Gasteiger partial charge in [0.25, 0.3) is 0 Å². The number of nitrogen functional groups attached to an aromatic ring is 1. The number of benzene rings is 1. The number of piperazine rings is 1. The molecule has 6 heteroatoms. The molecule has 0 aromatic heterocycles. The first kappa shape index (κ1) is 14.3. The Morgan fingerprint density at radius 1 is 1.40 bits per heavy atom. The standard InChI is InChI=1S/C14H20N4O2/c1-14(2)13(20)16-7-8-18(14)9-12(19)17-11-5-3-10(15)4-6-11/h3-6H,7-9,15H2,1-2H3,(H,16,20)(H,17,19). The van der Waals surface area contributed by atoms with Crippen LogP contribution in [0.3, 0.4) is 0 Å². The zero-order chi connectivity index (χ0) is 14.8. The number of amides is 2. The molecule has 0 aliphatic carbocycles. The fraction of sp³-hybridized carbons (Fsp3) is 0.429. The zero-order valence-electron chi connectivity index (χ0n) is 11.8. The highest BCUT2D eigenvalue weighted by Gasteiger charge is 2.38. The Hall–Kier alpha value is -2.08. The first-order chi connectivity index (χ1) is 9.39. The predicted molar refractivity (Wildman–Crippen MR) is 78.1 cm³/mol. The van der Waals surface area contributed by atoms with Crippen molar-refractivity contribution >= 4 is 23.2 Å². The van der Waals surface area contributed by atoms with Crippen molar-refractivity contribution in [3.8, 4) is 0 Å². The van der Waals surface area contributed by atoms with E-state index in [0.717, 1.165) is 0 Å². The molecule has 1 aromatic rings. The molecule has 1 fully saturated rings. The molecular weight excluding hydrogens is 256 g/mol. The number of rotatable bonds is 3. The third kappa shape index (κ3) is 3.08. The van der Waals surface area contributed by atoms with Crippen molar-refractivity contribution in [2.45, 2.75) is 19.4 Å². The monoisotopic (exact) mass is 276 g/mol. The fourth-order valence-electron chi connectivity index (χ4n) is 2.16. The van der Waals surface area contributed by atoms with Gasteiger partial charge in [0, 0.05) is 24.5 Å². The van der Waals surface area contributed by atoms with Gasteiger partial charge in [-0.2, -0.15) is 0 Å². The van der Waals surface area contributed by atoms with Crippen LogP contribution in [-0.2, 0) is 9.59 Å². The molecule has 6 nitrogen and oxygen atoms in total. The first-order valence-electron chi connectivity index (χ1n) is 6.58. The lowest BCUT2D eigenvalue weighted by molar-refractivity contribution is -0.136. The van der Waals surface area contributed by atoms with Crippen molar-refractivity contribution in [1.82, 2.24) is 10.2 Å². The molecule has 108 valence electrons. The van der Waals surface area contributed by atoms with E-state index in [1.807, 2.05) is 18.7 Å². The first-order valence-corrected chi connectivity index (χ1v) is 6.58. The van der Waals surface area contributed by atoms with Crippen LogP contribution in [0, 0.1) is 0 Å². The van der Waals surface area contributed by atoms with Crippen LogP contribution in [0.4, 0.5) is 11.4 Å². The van der Waals surface area contributed by atoms with Gasteiger partial charge in [0.2, 0.25) is 11.8 Å². The summed E-state index contributed by atoms with van der Waals surface area (Å²) in [5, 5.41) is 5.61. The topological polar surface area (TPSA) is 87.5 Å². The molecule has 0 atom stereocenters. The summed E-state index contributed by atoms with van der Waals surface area (Å²) in [6.07, 6.45) is 0. The minimum atomic E-state index is -0.670. The molecule has 0 unspecified atom stereocenters. The van der Waals surface area contributed by atoms with Gasteiger partial charge in [-0.05, 0) is 38.1 Å². The third-order valence-electron chi connectivity index (χ3n) is 3.54. The fourth-order valence-corrected chi connectivity index (χ4v) is 2.16. The lowest BCUT2D eigenvalue weighted by Gasteiger charge is -2.40. The third-order valence-corrected chi connectivity index (χ3v) is 3.54. The van der Waals surface area contributed by atoms with Gasteiger partial charge in [-0.1, -0.05) is 0 Å². The quantitative estimate of drug-likeness (QED) is 0.698. The SMILES string of the molecule is CC1(C)C(=O)NCCN1CC(=O)Nc1ccc(N)cc1. The number of nitrogens with one attached hydrogen (secondary N) is 2. The molecule has 1 aliphatic heterocycles. The van der Waals surface area contributed by atoms with Gasteiger partial charge in [-0.15, -0.1) is 0 Å². The smallest absolute Gasteiger partial charge is 0.240 e. The summed E-state index contributed by atoms with van der Waals surface area (Å²) in [5.74, 6) is -0.193.